The van der Waals surface area contributed by atoms with Gasteiger partial charge in [-0.05, 0) is 101 Å². The molecule has 4 atom stereocenters. The average Bonchev–Trinajstić information content (AvgIpc) is 3.03. The summed E-state index contributed by atoms with van der Waals surface area (Å²) in [5.74, 6) is 2.32. The summed E-state index contributed by atoms with van der Waals surface area (Å²) in [6.45, 7) is 12.3. The minimum atomic E-state index is -0.270. The zero-order valence-corrected chi connectivity index (χ0v) is 19.9. The number of hydrogen-bond donors (Lipinski definition) is 0. The predicted octanol–water partition coefficient (Wildman–Crippen LogP) is 5.65. The van der Waals surface area contributed by atoms with Gasteiger partial charge in [0.15, 0.2) is 0 Å². The molecule has 4 nitrogen and oxygen atoms in total. The van der Waals surface area contributed by atoms with E-state index in [-0.39, 0.29) is 29.4 Å². The van der Waals surface area contributed by atoms with Crippen LogP contribution in [0.15, 0.2) is 29.8 Å². The fraction of sp³-hybridized carbons (Fsp3) is 0.630. The fourth-order valence-corrected chi connectivity index (χ4v) is 6.89. The molecule has 0 saturated heterocycles. The van der Waals surface area contributed by atoms with Crippen molar-refractivity contribution in [3.8, 4) is 5.75 Å². The highest BCUT2D eigenvalue weighted by molar-refractivity contribution is 5.95. The van der Waals surface area contributed by atoms with E-state index in [4.69, 9.17) is 4.74 Å². The number of ether oxygens (including phenoxy) is 1. The second kappa shape index (κ2) is 8.11. The molecule has 0 bridgehead atoms. The quantitative estimate of drug-likeness (QED) is 0.464. The third-order valence-electron chi connectivity index (χ3n) is 8.12. The third-order valence-corrected chi connectivity index (χ3v) is 8.12. The van der Waals surface area contributed by atoms with Gasteiger partial charge < -0.3 is 9.64 Å². The van der Waals surface area contributed by atoms with E-state index in [2.05, 4.69) is 57.7 Å². The van der Waals surface area contributed by atoms with Gasteiger partial charge in [-0.25, -0.2) is 0 Å². The molecule has 0 N–H and O–H groups in total. The van der Waals surface area contributed by atoms with Crippen molar-refractivity contribution in [2.75, 3.05) is 0 Å². The topological polar surface area (TPSA) is 46.6 Å². The largest absolute Gasteiger partial charge is 0.427 e. The number of amides is 1. The lowest BCUT2D eigenvalue weighted by Gasteiger charge is -2.50. The first-order valence-electron chi connectivity index (χ1n) is 12.0. The van der Waals surface area contributed by atoms with E-state index in [0.29, 0.717) is 23.5 Å². The Hall–Kier alpha value is -2.10. The lowest BCUT2D eigenvalue weighted by atomic mass is 9.54. The number of rotatable bonds is 4. The van der Waals surface area contributed by atoms with Crippen LogP contribution in [0, 0.1) is 17.3 Å². The Kier molecular flexibility index (Phi) is 5.78. The van der Waals surface area contributed by atoms with Gasteiger partial charge in [-0.1, -0.05) is 19.1 Å². The Balaban J connectivity index is 1.58. The van der Waals surface area contributed by atoms with Crippen LogP contribution in [-0.4, -0.2) is 28.9 Å². The van der Waals surface area contributed by atoms with Crippen LogP contribution >= 0.6 is 0 Å². The third kappa shape index (κ3) is 3.72. The summed E-state index contributed by atoms with van der Waals surface area (Å²) in [6.07, 6.45) is 7.63. The monoisotopic (exact) mass is 423 g/mol. The standard InChI is InChI=1S/C27H37NO3/c1-16(2)28(17(3)4)26(30)25-12-11-24-23-9-7-19-15-20(31-18(5)29)8-10-21(19)22(23)13-14-27(24,25)6/h8,10,12,15-17,22-24H,7,9,11,13-14H2,1-6H3/t22?,23?,24?,27-/m0/s1. The van der Waals surface area contributed by atoms with Gasteiger partial charge in [0.05, 0.1) is 0 Å². The first-order valence-corrected chi connectivity index (χ1v) is 12.0. The molecule has 1 fully saturated rings. The van der Waals surface area contributed by atoms with Crippen molar-refractivity contribution in [1.82, 2.24) is 4.90 Å². The van der Waals surface area contributed by atoms with Crippen molar-refractivity contribution in [2.24, 2.45) is 17.3 Å². The number of esters is 1. The Labute approximate surface area is 187 Å². The molecule has 3 unspecified atom stereocenters. The summed E-state index contributed by atoms with van der Waals surface area (Å²) >= 11 is 0. The van der Waals surface area contributed by atoms with Crippen LogP contribution in [0.2, 0.25) is 0 Å². The molecule has 1 aromatic carbocycles. The van der Waals surface area contributed by atoms with E-state index in [1.54, 1.807) is 0 Å². The highest BCUT2D eigenvalue weighted by Crippen LogP contribution is 2.61. The summed E-state index contributed by atoms with van der Waals surface area (Å²) in [7, 11) is 0. The van der Waals surface area contributed by atoms with Crippen LogP contribution in [-0.2, 0) is 16.0 Å². The van der Waals surface area contributed by atoms with E-state index in [9.17, 15) is 9.59 Å². The smallest absolute Gasteiger partial charge is 0.308 e. The summed E-state index contributed by atoms with van der Waals surface area (Å²) in [5.41, 5.74) is 3.81. The first kappa shape index (κ1) is 22.1. The Morgan fingerprint density at radius 2 is 1.84 bits per heavy atom. The van der Waals surface area contributed by atoms with Crippen molar-refractivity contribution in [3.05, 3.63) is 41.0 Å². The molecular formula is C27H37NO3. The van der Waals surface area contributed by atoms with Gasteiger partial charge in [0.2, 0.25) is 5.91 Å². The van der Waals surface area contributed by atoms with Crippen molar-refractivity contribution in [2.45, 2.75) is 91.6 Å². The molecule has 1 aromatic rings. The second-order valence-corrected chi connectivity index (χ2v) is 10.6. The van der Waals surface area contributed by atoms with Crippen LogP contribution < -0.4 is 4.74 Å². The first-order chi connectivity index (χ1) is 14.6. The SMILES string of the molecule is CC(=O)Oc1ccc2c(c1)CCC1C2CC[C@]2(C)C(C(=O)N(C(C)C)C(C)C)=CCC12. The molecule has 3 aliphatic carbocycles. The molecule has 0 radical (unpaired) electrons. The van der Waals surface area contributed by atoms with Gasteiger partial charge in [0.25, 0.3) is 0 Å². The van der Waals surface area contributed by atoms with E-state index < -0.39 is 0 Å². The summed E-state index contributed by atoms with van der Waals surface area (Å²) in [6, 6.07) is 6.61. The molecule has 0 aliphatic heterocycles. The zero-order valence-electron chi connectivity index (χ0n) is 19.9. The predicted molar refractivity (Wildman–Crippen MR) is 123 cm³/mol. The molecular weight excluding hydrogens is 386 g/mol. The van der Waals surface area contributed by atoms with E-state index in [1.165, 1.54) is 18.1 Å². The van der Waals surface area contributed by atoms with Crippen LogP contribution in [0.4, 0.5) is 0 Å². The number of nitrogens with zero attached hydrogens (tertiary/aromatic N) is 1. The van der Waals surface area contributed by atoms with Gasteiger partial charge in [-0.2, -0.15) is 0 Å². The minimum Gasteiger partial charge on any atom is -0.427 e. The molecule has 1 amide bonds. The summed E-state index contributed by atoms with van der Waals surface area (Å²) in [4.78, 5) is 27.0. The second-order valence-electron chi connectivity index (χ2n) is 10.6. The molecule has 168 valence electrons. The number of benzene rings is 1. The van der Waals surface area contributed by atoms with Crippen molar-refractivity contribution < 1.29 is 14.3 Å². The van der Waals surface area contributed by atoms with Gasteiger partial charge in [-0.3, -0.25) is 9.59 Å². The van der Waals surface area contributed by atoms with Crippen LogP contribution in [0.5, 0.6) is 5.75 Å². The molecule has 0 heterocycles. The average molecular weight is 424 g/mol. The molecule has 4 rings (SSSR count). The normalized spacial score (nSPS) is 29.2. The lowest BCUT2D eigenvalue weighted by molar-refractivity contribution is -0.133. The van der Waals surface area contributed by atoms with E-state index in [0.717, 1.165) is 37.7 Å². The number of carbonyl (C=O) groups is 2. The summed E-state index contributed by atoms with van der Waals surface area (Å²) in [5, 5.41) is 0. The number of aryl methyl sites for hydroxylation is 1. The fourth-order valence-electron chi connectivity index (χ4n) is 6.89. The van der Waals surface area contributed by atoms with Gasteiger partial charge in [0, 0.05) is 30.0 Å². The number of fused-ring (bicyclic) bond motifs is 5. The highest BCUT2D eigenvalue weighted by atomic mass is 16.5. The highest BCUT2D eigenvalue weighted by Gasteiger charge is 2.53. The maximum absolute atomic E-state index is 13.6. The maximum Gasteiger partial charge on any atom is 0.308 e. The molecule has 1 saturated carbocycles. The Morgan fingerprint density at radius 1 is 1.13 bits per heavy atom. The van der Waals surface area contributed by atoms with Crippen LogP contribution in [0.1, 0.15) is 84.3 Å². The number of allylic oxidation sites excluding steroid dienone is 1. The van der Waals surface area contributed by atoms with Crippen LogP contribution in [0.25, 0.3) is 0 Å². The molecule has 0 spiro atoms. The maximum atomic E-state index is 13.6. The van der Waals surface area contributed by atoms with E-state index >= 15 is 0 Å². The molecule has 0 aromatic heterocycles. The molecule has 31 heavy (non-hydrogen) atoms. The Morgan fingerprint density at radius 3 is 2.48 bits per heavy atom. The van der Waals surface area contributed by atoms with Gasteiger partial charge in [0.1, 0.15) is 5.75 Å². The molecule has 4 heteroatoms. The zero-order chi connectivity index (χ0) is 22.5. The molecule has 3 aliphatic rings. The van der Waals surface area contributed by atoms with Gasteiger partial charge in [-0.15, -0.1) is 0 Å². The van der Waals surface area contributed by atoms with Crippen LogP contribution in [0.3, 0.4) is 0 Å². The minimum absolute atomic E-state index is 0.0184. The summed E-state index contributed by atoms with van der Waals surface area (Å²) < 4.78 is 5.31. The van der Waals surface area contributed by atoms with Crippen molar-refractivity contribution >= 4 is 11.9 Å². The number of carbonyl (C=O) groups excluding carboxylic acids is 2. The Bertz CT molecular complexity index is 907. The van der Waals surface area contributed by atoms with E-state index in [1.807, 2.05) is 6.07 Å². The van der Waals surface area contributed by atoms with Gasteiger partial charge >= 0.3 is 5.97 Å². The van der Waals surface area contributed by atoms with Crippen molar-refractivity contribution in [3.63, 3.8) is 0 Å². The van der Waals surface area contributed by atoms with Crippen molar-refractivity contribution in [1.29, 1.82) is 0 Å². The lowest BCUT2D eigenvalue weighted by Crippen LogP contribution is -2.48. The number of hydrogen-bond acceptors (Lipinski definition) is 3.